The summed E-state index contributed by atoms with van der Waals surface area (Å²) in [5.74, 6) is 1.88. The van der Waals surface area contributed by atoms with Crippen LogP contribution in [0.1, 0.15) is 22.3 Å². The Morgan fingerprint density at radius 3 is 1.15 bits per heavy atom. The molecule has 0 N–H and O–H groups in total. The van der Waals surface area contributed by atoms with E-state index in [1.54, 1.807) is 0 Å². The van der Waals surface area contributed by atoms with Crippen LogP contribution in [0.25, 0.3) is 101 Å². The predicted molar refractivity (Wildman–Crippen MR) is 266 cm³/mol. The average Bonchev–Trinajstić information content (AvgIpc) is 3.86. The minimum absolute atomic E-state index is 0.476. The molecule has 0 fully saturated rings. The van der Waals surface area contributed by atoms with E-state index >= 15 is 0 Å². The Hall–Kier alpha value is -8.53. The van der Waals surface area contributed by atoms with E-state index in [4.69, 9.17) is 15.0 Å². The van der Waals surface area contributed by atoms with Crippen LogP contribution in [0.15, 0.2) is 237 Å². The first-order valence-electron chi connectivity index (χ1n) is 22.3. The zero-order valence-corrected chi connectivity index (χ0v) is 35.4. The summed E-state index contributed by atoms with van der Waals surface area (Å²) in [6, 6.07) is 85.2. The van der Waals surface area contributed by atoms with Crippen LogP contribution in [0.4, 0.5) is 0 Å². The molecule has 2 aliphatic rings. The van der Waals surface area contributed by atoms with Crippen molar-refractivity contribution in [1.82, 2.24) is 15.0 Å². The van der Waals surface area contributed by atoms with Gasteiger partial charge in [-0.1, -0.05) is 212 Å². The molecule has 0 aliphatic heterocycles. The Kier molecular flexibility index (Phi) is 8.44. The van der Waals surface area contributed by atoms with Gasteiger partial charge in [0, 0.05) is 16.7 Å². The Labute approximate surface area is 378 Å². The molecule has 1 aromatic heterocycles. The van der Waals surface area contributed by atoms with Gasteiger partial charge in [0.2, 0.25) is 0 Å². The summed E-state index contributed by atoms with van der Waals surface area (Å²) in [6.45, 7) is 0. The molecular formula is C62H39N3. The van der Waals surface area contributed by atoms with Gasteiger partial charge in [-0.05, 0) is 113 Å². The molecule has 13 rings (SSSR count). The molecule has 302 valence electrons. The minimum Gasteiger partial charge on any atom is -0.208 e. The van der Waals surface area contributed by atoms with Crippen molar-refractivity contribution in [2.45, 2.75) is 5.41 Å². The van der Waals surface area contributed by atoms with Crippen LogP contribution in [0.2, 0.25) is 0 Å². The molecule has 0 bridgehead atoms. The Balaban J connectivity index is 1.04. The molecule has 0 saturated heterocycles. The maximum absolute atomic E-state index is 5.39. The van der Waals surface area contributed by atoms with Gasteiger partial charge in [0.25, 0.3) is 0 Å². The highest BCUT2D eigenvalue weighted by atomic mass is 15.0. The predicted octanol–water partition coefficient (Wildman–Crippen LogP) is 15.4. The number of hydrogen-bond donors (Lipinski definition) is 0. The molecule has 1 spiro atoms. The van der Waals surface area contributed by atoms with Crippen molar-refractivity contribution in [3.05, 3.63) is 259 Å². The maximum atomic E-state index is 5.39. The molecule has 1 heterocycles. The minimum atomic E-state index is -0.476. The summed E-state index contributed by atoms with van der Waals surface area (Å²) >= 11 is 0. The van der Waals surface area contributed by atoms with Crippen molar-refractivity contribution >= 4 is 10.8 Å². The lowest BCUT2D eigenvalue weighted by Crippen LogP contribution is -2.26. The third-order valence-corrected chi connectivity index (χ3v) is 13.5. The maximum Gasteiger partial charge on any atom is 0.164 e. The Bertz CT molecular complexity index is 3530. The summed E-state index contributed by atoms with van der Waals surface area (Å²) in [6.07, 6.45) is 0. The summed E-state index contributed by atoms with van der Waals surface area (Å²) < 4.78 is 0. The van der Waals surface area contributed by atoms with E-state index in [-0.39, 0.29) is 0 Å². The first kappa shape index (κ1) is 37.1. The van der Waals surface area contributed by atoms with Crippen LogP contribution in [0, 0.1) is 0 Å². The third-order valence-electron chi connectivity index (χ3n) is 13.5. The average molecular weight is 826 g/mol. The highest BCUT2D eigenvalue weighted by Crippen LogP contribution is 2.64. The molecule has 0 saturated carbocycles. The van der Waals surface area contributed by atoms with Gasteiger partial charge in [0.1, 0.15) is 0 Å². The lowest BCUT2D eigenvalue weighted by atomic mass is 9.68. The van der Waals surface area contributed by atoms with Crippen molar-refractivity contribution in [3.8, 4) is 89.8 Å². The van der Waals surface area contributed by atoms with Crippen LogP contribution in [-0.2, 0) is 5.41 Å². The van der Waals surface area contributed by atoms with Gasteiger partial charge in [-0.15, -0.1) is 0 Å². The molecular weight excluding hydrogens is 787 g/mol. The lowest BCUT2D eigenvalue weighted by molar-refractivity contribution is 0.796. The summed E-state index contributed by atoms with van der Waals surface area (Å²) in [5.41, 5.74) is 19.7. The number of fused-ring (bicyclic) bond motifs is 11. The van der Waals surface area contributed by atoms with E-state index in [9.17, 15) is 0 Å². The molecule has 0 amide bonds. The van der Waals surface area contributed by atoms with Crippen LogP contribution < -0.4 is 0 Å². The molecule has 0 unspecified atom stereocenters. The van der Waals surface area contributed by atoms with Crippen molar-refractivity contribution < 1.29 is 0 Å². The van der Waals surface area contributed by atoms with Gasteiger partial charge in [0.05, 0.1) is 5.41 Å². The van der Waals surface area contributed by atoms with Crippen LogP contribution in [-0.4, -0.2) is 15.0 Å². The van der Waals surface area contributed by atoms with E-state index in [0.29, 0.717) is 17.5 Å². The molecule has 3 heteroatoms. The standard InChI is InChI=1S/C62H39N3/c1-4-19-40(20-5-1)43-37-44(41-21-6-2-7-22-41)39-45(38-43)60-63-59(42-23-8-3-9-24-42)64-61(65-60)54-36-35-48(46-25-10-11-26-47(46)54)52-30-18-31-53-51-29-14-17-34-57(51)62(58(52)53)55-32-15-12-27-49(55)50-28-13-16-33-56(50)62/h1-39H. The number of nitrogens with zero attached hydrogens (tertiary/aromatic N) is 3. The fourth-order valence-electron chi connectivity index (χ4n) is 10.8. The molecule has 65 heavy (non-hydrogen) atoms. The zero-order valence-electron chi connectivity index (χ0n) is 35.4. The van der Waals surface area contributed by atoms with E-state index in [1.165, 1.54) is 55.6 Å². The van der Waals surface area contributed by atoms with Crippen molar-refractivity contribution in [2.24, 2.45) is 0 Å². The Morgan fingerprint density at radius 1 is 0.231 bits per heavy atom. The largest absolute Gasteiger partial charge is 0.208 e. The fourth-order valence-corrected chi connectivity index (χ4v) is 10.8. The first-order chi connectivity index (χ1) is 32.2. The van der Waals surface area contributed by atoms with Gasteiger partial charge in [-0.25, -0.2) is 15.0 Å². The lowest BCUT2D eigenvalue weighted by Gasteiger charge is -2.32. The highest BCUT2D eigenvalue weighted by molar-refractivity contribution is 6.07. The number of rotatable bonds is 6. The molecule has 3 nitrogen and oxygen atoms in total. The second-order valence-electron chi connectivity index (χ2n) is 17.0. The van der Waals surface area contributed by atoms with E-state index in [1.807, 2.05) is 18.2 Å². The molecule has 0 atom stereocenters. The summed E-state index contributed by atoms with van der Waals surface area (Å²) in [7, 11) is 0. The van der Waals surface area contributed by atoms with E-state index in [2.05, 4.69) is 218 Å². The van der Waals surface area contributed by atoms with Gasteiger partial charge >= 0.3 is 0 Å². The monoisotopic (exact) mass is 825 g/mol. The number of benzene rings is 10. The second kappa shape index (κ2) is 14.8. The normalized spacial score (nSPS) is 12.7. The van der Waals surface area contributed by atoms with Crippen molar-refractivity contribution in [3.63, 3.8) is 0 Å². The van der Waals surface area contributed by atoms with E-state index < -0.39 is 5.41 Å². The van der Waals surface area contributed by atoms with Gasteiger partial charge in [-0.3, -0.25) is 0 Å². The van der Waals surface area contributed by atoms with Crippen molar-refractivity contribution in [1.29, 1.82) is 0 Å². The molecule has 0 radical (unpaired) electrons. The molecule has 2 aliphatic carbocycles. The highest BCUT2D eigenvalue weighted by Gasteiger charge is 2.52. The molecule has 11 aromatic rings. The first-order valence-corrected chi connectivity index (χ1v) is 22.3. The summed E-state index contributed by atoms with van der Waals surface area (Å²) in [4.78, 5) is 15.9. The Morgan fingerprint density at radius 2 is 0.600 bits per heavy atom. The van der Waals surface area contributed by atoms with Gasteiger partial charge < -0.3 is 0 Å². The number of aromatic nitrogens is 3. The van der Waals surface area contributed by atoms with Gasteiger partial charge in [-0.2, -0.15) is 0 Å². The van der Waals surface area contributed by atoms with E-state index in [0.717, 1.165) is 49.7 Å². The molecule has 10 aromatic carbocycles. The fraction of sp³-hybridized carbons (Fsp3) is 0.0161. The van der Waals surface area contributed by atoms with Gasteiger partial charge in [0.15, 0.2) is 17.5 Å². The van der Waals surface area contributed by atoms with Crippen LogP contribution in [0.3, 0.4) is 0 Å². The zero-order chi connectivity index (χ0) is 42.9. The third kappa shape index (κ3) is 5.72. The smallest absolute Gasteiger partial charge is 0.164 e. The van der Waals surface area contributed by atoms with Crippen molar-refractivity contribution in [2.75, 3.05) is 0 Å². The summed E-state index contributed by atoms with van der Waals surface area (Å²) in [5, 5.41) is 2.23. The topological polar surface area (TPSA) is 38.7 Å². The quantitative estimate of drug-likeness (QED) is 0.168. The SMILES string of the molecule is c1ccc(-c2cc(-c3ccccc3)cc(-c3nc(-c4ccccc4)nc(-c4ccc(-c5cccc6c5C5(c7ccccc7-c7ccccc75)c5ccccc5-6)c5ccccc45)n3)c2)cc1. The number of hydrogen-bond acceptors (Lipinski definition) is 3. The van der Waals surface area contributed by atoms with Crippen LogP contribution in [0.5, 0.6) is 0 Å². The van der Waals surface area contributed by atoms with Crippen LogP contribution >= 0.6 is 0 Å². The second-order valence-corrected chi connectivity index (χ2v) is 17.0.